The Morgan fingerprint density at radius 1 is 1.24 bits per heavy atom. The van der Waals surface area contributed by atoms with Crippen LogP contribution in [0.5, 0.6) is 0 Å². The van der Waals surface area contributed by atoms with Gasteiger partial charge in [-0.15, -0.1) is 0 Å². The topological polar surface area (TPSA) is 44.9 Å². The third-order valence-electron chi connectivity index (χ3n) is 3.58. The van der Waals surface area contributed by atoms with Gasteiger partial charge in [0.25, 0.3) is 0 Å². The highest BCUT2D eigenvalue weighted by atomic mass is 16.1. The molecule has 1 aromatic heterocycles. The number of carbonyl (C=O) groups is 1. The lowest BCUT2D eigenvalue weighted by Gasteiger charge is -2.11. The van der Waals surface area contributed by atoms with Crippen LogP contribution < -0.4 is 5.32 Å². The van der Waals surface area contributed by atoms with Crippen LogP contribution in [0, 0.1) is 5.92 Å². The summed E-state index contributed by atoms with van der Waals surface area (Å²) < 4.78 is 0. The van der Waals surface area contributed by atoms with Crippen LogP contribution in [-0.4, -0.2) is 10.9 Å². The lowest BCUT2D eigenvalue weighted by molar-refractivity contribution is -0.119. The number of anilines is 1. The van der Waals surface area contributed by atoms with Gasteiger partial charge < -0.3 is 10.3 Å². The normalized spacial score (nSPS) is 16.5. The highest BCUT2D eigenvalue weighted by Crippen LogP contribution is 2.28. The fraction of sp³-hybridized carbons (Fsp3) is 0.357. The van der Waals surface area contributed by atoms with Crippen LogP contribution >= 0.6 is 0 Å². The molecule has 1 fully saturated rings. The number of carbonyl (C=O) groups excluding carboxylic acids is 1. The predicted octanol–water partition coefficient (Wildman–Crippen LogP) is 3.30. The highest BCUT2D eigenvalue weighted by molar-refractivity contribution is 6.02. The molecule has 0 spiro atoms. The molecule has 1 aliphatic rings. The van der Waals surface area contributed by atoms with Gasteiger partial charge in [-0.1, -0.05) is 18.9 Å². The van der Waals surface area contributed by atoms with Crippen molar-refractivity contribution in [2.75, 3.05) is 5.32 Å². The van der Waals surface area contributed by atoms with Gasteiger partial charge in [0.05, 0.1) is 5.69 Å². The number of hydrogen-bond donors (Lipinski definition) is 2. The van der Waals surface area contributed by atoms with E-state index in [1.807, 2.05) is 30.5 Å². The van der Waals surface area contributed by atoms with Gasteiger partial charge in [-0.05, 0) is 31.0 Å². The summed E-state index contributed by atoms with van der Waals surface area (Å²) in [6.07, 6.45) is 6.35. The van der Waals surface area contributed by atoms with Crippen molar-refractivity contribution in [2.45, 2.75) is 25.7 Å². The first-order valence-corrected chi connectivity index (χ1v) is 6.21. The summed E-state index contributed by atoms with van der Waals surface area (Å²) >= 11 is 0. The molecule has 1 aliphatic carbocycles. The van der Waals surface area contributed by atoms with E-state index in [0.717, 1.165) is 29.4 Å². The Kier molecular flexibility index (Phi) is 2.59. The van der Waals surface area contributed by atoms with Crippen LogP contribution in [0.1, 0.15) is 25.7 Å². The first-order valence-electron chi connectivity index (χ1n) is 6.21. The second kappa shape index (κ2) is 4.24. The van der Waals surface area contributed by atoms with Crippen molar-refractivity contribution in [3.63, 3.8) is 0 Å². The number of hydrogen-bond acceptors (Lipinski definition) is 1. The molecule has 1 amide bonds. The molecule has 0 aliphatic heterocycles. The van der Waals surface area contributed by atoms with Crippen LogP contribution in [0.2, 0.25) is 0 Å². The Bertz CT molecular complexity index is 538. The standard InChI is InChI=1S/C14H16N2O/c17-14(10-4-1-2-5-10)16-13-7-3-6-12-11(13)8-9-15-12/h3,6-10,15H,1-2,4-5H2,(H,16,17). The Balaban J connectivity index is 1.84. The van der Waals surface area contributed by atoms with E-state index in [0.29, 0.717) is 0 Å². The third-order valence-corrected chi connectivity index (χ3v) is 3.58. The summed E-state index contributed by atoms with van der Waals surface area (Å²) in [5, 5.41) is 4.14. The number of aromatic amines is 1. The lowest BCUT2D eigenvalue weighted by atomic mass is 10.1. The van der Waals surface area contributed by atoms with Gasteiger partial charge in [-0.2, -0.15) is 0 Å². The molecule has 17 heavy (non-hydrogen) atoms. The van der Waals surface area contributed by atoms with Gasteiger partial charge in [-0.25, -0.2) is 0 Å². The number of rotatable bonds is 2. The molecule has 2 N–H and O–H groups in total. The van der Waals surface area contributed by atoms with Crippen molar-refractivity contribution in [2.24, 2.45) is 5.92 Å². The SMILES string of the molecule is O=C(Nc1cccc2[nH]ccc12)C1CCCC1. The van der Waals surface area contributed by atoms with E-state index < -0.39 is 0 Å². The number of aromatic nitrogens is 1. The summed E-state index contributed by atoms with van der Waals surface area (Å²) in [4.78, 5) is 15.2. The quantitative estimate of drug-likeness (QED) is 0.813. The second-order valence-corrected chi connectivity index (χ2v) is 4.72. The van der Waals surface area contributed by atoms with Gasteiger partial charge in [0.2, 0.25) is 5.91 Å². The highest BCUT2D eigenvalue weighted by Gasteiger charge is 2.22. The van der Waals surface area contributed by atoms with Crippen LogP contribution in [0.4, 0.5) is 5.69 Å². The largest absolute Gasteiger partial charge is 0.361 e. The molecular weight excluding hydrogens is 212 g/mol. The van der Waals surface area contributed by atoms with Crippen LogP contribution in [-0.2, 0) is 4.79 Å². The smallest absolute Gasteiger partial charge is 0.227 e. The Morgan fingerprint density at radius 2 is 2.06 bits per heavy atom. The summed E-state index contributed by atoms with van der Waals surface area (Å²) in [5.74, 6) is 0.389. The molecule has 1 saturated carbocycles. The molecule has 1 heterocycles. The maximum atomic E-state index is 12.1. The summed E-state index contributed by atoms with van der Waals surface area (Å²) in [5.41, 5.74) is 1.98. The van der Waals surface area contributed by atoms with Crippen molar-refractivity contribution < 1.29 is 4.79 Å². The van der Waals surface area contributed by atoms with Crippen LogP contribution in [0.15, 0.2) is 30.5 Å². The van der Waals surface area contributed by atoms with Crippen molar-refractivity contribution >= 4 is 22.5 Å². The molecule has 3 rings (SSSR count). The van der Waals surface area contributed by atoms with Crippen molar-refractivity contribution in [1.29, 1.82) is 0 Å². The molecule has 3 nitrogen and oxygen atoms in total. The molecule has 0 bridgehead atoms. The molecule has 2 aromatic rings. The average Bonchev–Trinajstić information content (AvgIpc) is 3.00. The number of H-pyrrole nitrogens is 1. The molecule has 88 valence electrons. The minimum atomic E-state index is 0.177. The molecular formula is C14H16N2O. The predicted molar refractivity (Wildman–Crippen MR) is 68.9 cm³/mol. The van der Waals surface area contributed by atoms with Gasteiger partial charge in [0.1, 0.15) is 0 Å². The van der Waals surface area contributed by atoms with Crippen LogP contribution in [0.25, 0.3) is 10.9 Å². The molecule has 3 heteroatoms. The van der Waals surface area contributed by atoms with E-state index in [4.69, 9.17) is 0 Å². The fourth-order valence-electron chi connectivity index (χ4n) is 2.62. The maximum Gasteiger partial charge on any atom is 0.227 e. The lowest BCUT2D eigenvalue weighted by Crippen LogP contribution is -2.20. The Morgan fingerprint density at radius 3 is 2.88 bits per heavy atom. The summed E-state index contributed by atoms with van der Waals surface area (Å²) in [6.45, 7) is 0. The first-order chi connectivity index (χ1) is 8.34. The minimum Gasteiger partial charge on any atom is -0.361 e. The van der Waals surface area contributed by atoms with Crippen molar-refractivity contribution in [3.05, 3.63) is 30.5 Å². The molecule has 0 atom stereocenters. The van der Waals surface area contributed by atoms with E-state index in [9.17, 15) is 4.79 Å². The van der Waals surface area contributed by atoms with E-state index in [1.54, 1.807) is 0 Å². The molecule has 0 saturated heterocycles. The molecule has 0 unspecified atom stereocenters. The zero-order valence-electron chi connectivity index (χ0n) is 9.70. The maximum absolute atomic E-state index is 12.1. The Hall–Kier alpha value is -1.77. The molecule has 1 aromatic carbocycles. The van der Waals surface area contributed by atoms with Gasteiger partial charge in [0, 0.05) is 23.0 Å². The zero-order chi connectivity index (χ0) is 11.7. The van der Waals surface area contributed by atoms with Crippen molar-refractivity contribution in [1.82, 2.24) is 4.98 Å². The van der Waals surface area contributed by atoms with Gasteiger partial charge in [-0.3, -0.25) is 4.79 Å². The monoisotopic (exact) mass is 228 g/mol. The zero-order valence-corrected chi connectivity index (χ0v) is 9.70. The minimum absolute atomic E-state index is 0.177. The van der Waals surface area contributed by atoms with Crippen LogP contribution in [0.3, 0.4) is 0 Å². The van der Waals surface area contributed by atoms with E-state index >= 15 is 0 Å². The number of amides is 1. The number of nitrogens with one attached hydrogen (secondary N) is 2. The van der Waals surface area contributed by atoms with E-state index in [-0.39, 0.29) is 11.8 Å². The fourth-order valence-corrected chi connectivity index (χ4v) is 2.62. The van der Waals surface area contributed by atoms with E-state index in [1.165, 1.54) is 12.8 Å². The molecule has 0 radical (unpaired) electrons. The first kappa shape index (κ1) is 10.4. The third kappa shape index (κ3) is 1.93. The van der Waals surface area contributed by atoms with E-state index in [2.05, 4.69) is 10.3 Å². The second-order valence-electron chi connectivity index (χ2n) is 4.72. The van der Waals surface area contributed by atoms with Crippen molar-refractivity contribution in [3.8, 4) is 0 Å². The average molecular weight is 228 g/mol. The summed E-state index contributed by atoms with van der Waals surface area (Å²) in [6, 6.07) is 7.94. The number of fused-ring (bicyclic) bond motifs is 1. The summed E-state index contributed by atoms with van der Waals surface area (Å²) in [7, 11) is 0. The Labute approximate surface area is 100 Å². The van der Waals surface area contributed by atoms with Gasteiger partial charge in [0.15, 0.2) is 0 Å². The number of benzene rings is 1. The van der Waals surface area contributed by atoms with Gasteiger partial charge >= 0.3 is 0 Å².